The Bertz CT molecular complexity index is 494. The molecule has 1 aliphatic carbocycles. The Morgan fingerprint density at radius 3 is 2.71 bits per heavy atom. The fourth-order valence-corrected chi connectivity index (χ4v) is 4.60. The number of hydrogen-bond donors (Lipinski definition) is 1. The number of halogens is 1. The first kappa shape index (κ1) is 15.4. The van der Waals surface area contributed by atoms with Gasteiger partial charge in [-0.15, -0.1) is 0 Å². The lowest BCUT2D eigenvalue weighted by molar-refractivity contribution is 0.359. The van der Waals surface area contributed by atoms with Crippen LogP contribution in [-0.2, 0) is 19.3 Å². The van der Waals surface area contributed by atoms with Crippen LogP contribution in [0.15, 0.2) is 10.5 Å². The van der Waals surface area contributed by atoms with Gasteiger partial charge in [-0.2, -0.15) is 0 Å². The first-order valence-corrected chi connectivity index (χ1v) is 9.16. The number of ether oxygens (including phenoxy) is 1. The lowest BCUT2D eigenvalue weighted by Gasteiger charge is -2.26. The molecule has 0 saturated carbocycles. The molecule has 116 valence electrons. The minimum Gasteiger partial charge on any atom is -0.495 e. The summed E-state index contributed by atoms with van der Waals surface area (Å²) in [4.78, 5) is 0. The van der Waals surface area contributed by atoms with Crippen LogP contribution in [0.2, 0.25) is 0 Å². The van der Waals surface area contributed by atoms with E-state index in [1.807, 2.05) is 7.11 Å². The second-order valence-electron chi connectivity index (χ2n) is 6.47. The van der Waals surface area contributed by atoms with Crippen LogP contribution in [-0.4, -0.2) is 20.2 Å². The zero-order valence-electron chi connectivity index (χ0n) is 13.0. The Morgan fingerprint density at radius 2 is 1.95 bits per heavy atom. The summed E-state index contributed by atoms with van der Waals surface area (Å²) < 4.78 is 6.91. The molecule has 0 radical (unpaired) electrons. The van der Waals surface area contributed by atoms with Crippen molar-refractivity contribution in [1.82, 2.24) is 5.32 Å². The summed E-state index contributed by atoms with van der Waals surface area (Å²) in [5.41, 5.74) is 4.66. The maximum Gasteiger partial charge on any atom is 0.136 e. The number of methoxy groups -OCH3 is 1. The van der Waals surface area contributed by atoms with Gasteiger partial charge in [0.1, 0.15) is 5.75 Å². The third-order valence-corrected chi connectivity index (χ3v) is 5.66. The molecular formula is C18H26BrNO. The predicted octanol–water partition coefficient (Wildman–Crippen LogP) is 4.27. The molecule has 1 aromatic carbocycles. The van der Waals surface area contributed by atoms with Crippen molar-refractivity contribution in [2.24, 2.45) is 5.92 Å². The number of rotatable bonds is 3. The summed E-state index contributed by atoms with van der Waals surface area (Å²) >= 11 is 3.74. The van der Waals surface area contributed by atoms with Gasteiger partial charge in [-0.1, -0.05) is 6.42 Å². The number of nitrogens with one attached hydrogen (secondary N) is 1. The summed E-state index contributed by atoms with van der Waals surface area (Å²) in [5, 5.41) is 3.47. The second kappa shape index (κ2) is 7.15. The second-order valence-corrected chi connectivity index (χ2v) is 7.32. The van der Waals surface area contributed by atoms with Crippen molar-refractivity contribution < 1.29 is 4.74 Å². The molecule has 1 aromatic rings. The van der Waals surface area contributed by atoms with E-state index in [1.54, 1.807) is 11.1 Å². The summed E-state index contributed by atoms with van der Waals surface area (Å²) in [6, 6.07) is 2.31. The van der Waals surface area contributed by atoms with E-state index in [0.717, 1.165) is 16.1 Å². The summed E-state index contributed by atoms with van der Waals surface area (Å²) in [7, 11) is 1.81. The van der Waals surface area contributed by atoms with E-state index in [4.69, 9.17) is 4.74 Å². The van der Waals surface area contributed by atoms with Crippen molar-refractivity contribution >= 4 is 15.9 Å². The van der Waals surface area contributed by atoms with Crippen LogP contribution in [0.25, 0.3) is 0 Å². The van der Waals surface area contributed by atoms with Crippen molar-refractivity contribution in [3.8, 4) is 5.75 Å². The van der Waals surface area contributed by atoms with E-state index in [1.165, 1.54) is 70.0 Å². The molecule has 0 amide bonds. The Hall–Kier alpha value is -0.540. The fourth-order valence-electron chi connectivity index (χ4n) is 3.92. The molecule has 3 rings (SSSR count). The largest absolute Gasteiger partial charge is 0.495 e. The van der Waals surface area contributed by atoms with Crippen LogP contribution >= 0.6 is 15.9 Å². The van der Waals surface area contributed by atoms with Crippen molar-refractivity contribution in [3.63, 3.8) is 0 Å². The zero-order chi connectivity index (χ0) is 14.7. The first-order chi connectivity index (χ1) is 10.3. The molecule has 0 atom stereocenters. The molecule has 1 N–H and O–H groups in total. The monoisotopic (exact) mass is 351 g/mol. The average molecular weight is 352 g/mol. The third-order valence-electron chi connectivity index (χ3n) is 5.07. The van der Waals surface area contributed by atoms with Gasteiger partial charge in [0.25, 0.3) is 0 Å². The maximum atomic E-state index is 5.76. The van der Waals surface area contributed by atoms with E-state index in [2.05, 4.69) is 27.3 Å². The van der Waals surface area contributed by atoms with E-state index in [-0.39, 0.29) is 0 Å². The van der Waals surface area contributed by atoms with Gasteiger partial charge in [0.05, 0.1) is 11.6 Å². The molecule has 1 saturated heterocycles. The minimum absolute atomic E-state index is 0.807. The third kappa shape index (κ3) is 3.45. The Morgan fingerprint density at radius 1 is 1.19 bits per heavy atom. The average Bonchev–Trinajstić information content (AvgIpc) is 2.73. The van der Waals surface area contributed by atoms with Gasteiger partial charge in [0.15, 0.2) is 0 Å². The Labute approximate surface area is 136 Å². The number of benzene rings is 1. The molecule has 2 aliphatic rings. The maximum absolute atomic E-state index is 5.76. The molecule has 21 heavy (non-hydrogen) atoms. The lowest BCUT2D eigenvalue weighted by atomic mass is 9.86. The molecule has 0 unspecified atom stereocenters. The predicted molar refractivity (Wildman–Crippen MR) is 91.3 cm³/mol. The van der Waals surface area contributed by atoms with Crippen molar-refractivity contribution in [2.45, 2.75) is 51.4 Å². The van der Waals surface area contributed by atoms with Crippen LogP contribution in [0.1, 0.15) is 48.8 Å². The summed E-state index contributed by atoms with van der Waals surface area (Å²) in [5.74, 6) is 1.90. The van der Waals surface area contributed by atoms with Crippen molar-refractivity contribution in [2.75, 3.05) is 20.2 Å². The molecule has 3 heteroatoms. The molecule has 0 bridgehead atoms. The quantitative estimate of drug-likeness (QED) is 0.821. The molecule has 0 spiro atoms. The number of aryl methyl sites for hydroxylation is 1. The normalized spacial score (nSPS) is 19.9. The van der Waals surface area contributed by atoms with E-state index in [0.29, 0.717) is 0 Å². The van der Waals surface area contributed by atoms with Crippen LogP contribution < -0.4 is 10.1 Å². The van der Waals surface area contributed by atoms with Gasteiger partial charge in [0, 0.05) is 0 Å². The summed E-state index contributed by atoms with van der Waals surface area (Å²) in [6.07, 6.45) is 10.3. The highest BCUT2D eigenvalue weighted by atomic mass is 79.9. The SMILES string of the molecule is COc1c(Br)cc2c(c1CC1CCNCC1)CCCCC2. The van der Waals surface area contributed by atoms with Gasteiger partial charge < -0.3 is 10.1 Å². The summed E-state index contributed by atoms with van der Waals surface area (Å²) in [6.45, 7) is 2.34. The van der Waals surface area contributed by atoms with Crippen molar-refractivity contribution in [3.05, 3.63) is 27.2 Å². The van der Waals surface area contributed by atoms with E-state index >= 15 is 0 Å². The van der Waals surface area contributed by atoms with Crippen LogP contribution in [0, 0.1) is 5.92 Å². The number of piperidine rings is 1. The Balaban J connectivity index is 1.96. The zero-order valence-corrected chi connectivity index (χ0v) is 14.6. The molecule has 0 aromatic heterocycles. The van der Waals surface area contributed by atoms with Gasteiger partial charge in [-0.05, 0) is 103 Å². The number of hydrogen-bond acceptors (Lipinski definition) is 2. The number of fused-ring (bicyclic) bond motifs is 1. The van der Waals surface area contributed by atoms with E-state index < -0.39 is 0 Å². The van der Waals surface area contributed by atoms with Crippen LogP contribution in [0.5, 0.6) is 5.75 Å². The van der Waals surface area contributed by atoms with Crippen LogP contribution in [0.4, 0.5) is 0 Å². The van der Waals surface area contributed by atoms with E-state index in [9.17, 15) is 0 Å². The van der Waals surface area contributed by atoms with Gasteiger partial charge in [-0.3, -0.25) is 0 Å². The first-order valence-electron chi connectivity index (χ1n) is 8.37. The highest BCUT2D eigenvalue weighted by molar-refractivity contribution is 9.10. The minimum atomic E-state index is 0.807. The lowest BCUT2D eigenvalue weighted by Crippen LogP contribution is -2.29. The molecule has 1 fully saturated rings. The standard InChI is InChI=1S/C18H26BrNO/c1-21-18-16(11-13-7-9-20-10-8-13)15-6-4-2-3-5-14(15)12-17(18)19/h12-13,20H,2-11H2,1H3. The highest BCUT2D eigenvalue weighted by Crippen LogP contribution is 2.39. The van der Waals surface area contributed by atoms with Gasteiger partial charge >= 0.3 is 0 Å². The fraction of sp³-hybridized carbons (Fsp3) is 0.667. The van der Waals surface area contributed by atoms with Crippen molar-refractivity contribution in [1.29, 1.82) is 0 Å². The van der Waals surface area contributed by atoms with Gasteiger partial charge in [0.2, 0.25) is 0 Å². The molecule has 1 heterocycles. The molecular weight excluding hydrogens is 326 g/mol. The van der Waals surface area contributed by atoms with Gasteiger partial charge in [-0.25, -0.2) is 0 Å². The Kier molecular flexibility index (Phi) is 5.23. The molecule has 1 aliphatic heterocycles. The smallest absolute Gasteiger partial charge is 0.136 e. The molecule has 2 nitrogen and oxygen atoms in total. The topological polar surface area (TPSA) is 21.3 Å². The van der Waals surface area contributed by atoms with Crippen LogP contribution in [0.3, 0.4) is 0 Å². The highest BCUT2D eigenvalue weighted by Gasteiger charge is 2.23.